The smallest absolute Gasteiger partial charge is 0.243 e. The molecule has 0 aliphatic carbocycles. The van der Waals surface area contributed by atoms with Crippen molar-refractivity contribution in [3.8, 4) is 0 Å². The maximum absolute atomic E-state index is 12.9. The van der Waals surface area contributed by atoms with E-state index < -0.39 is 0 Å². The molecule has 1 aliphatic heterocycles. The Morgan fingerprint density at radius 2 is 1.90 bits per heavy atom. The van der Waals surface area contributed by atoms with Crippen LogP contribution < -0.4 is 20.9 Å². The van der Waals surface area contributed by atoms with Crippen LogP contribution in [0.3, 0.4) is 0 Å². The molecule has 3 rings (SSSR count). The minimum Gasteiger partial charge on any atom is -0.372 e. The number of amides is 1. The summed E-state index contributed by atoms with van der Waals surface area (Å²) >= 11 is 0. The van der Waals surface area contributed by atoms with Crippen molar-refractivity contribution >= 4 is 23.2 Å². The highest BCUT2D eigenvalue weighted by Crippen LogP contribution is 2.23. The van der Waals surface area contributed by atoms with E-state index in [1.165, 1.54) is 42.8 Å². The largest absolute Gasteiger partial charge is 0.372 e. The van der Waals surface area contributed by atoms with E-state index in [1.54, 1.807) is 7.05 Å². The predicted octanol–water partition coefficient (Wildman–Crippen LogP) is 3.29. The Bertz CT molecular complexity index is 847. The summed E-state index contributed by atoms with van der Waals surface area (Å²) in [6, 6.07) is 14.2. The second kappa shape index (κ2) is 9.91. The molecule has 1 fully saturated rings. The standard InChI is InChI=1S/C22H28FN5O/c1-16(17-6-5-7-20(14-17)28-12-3-4-13-28)26-22(24-2)25-15-21(29)27-19-10-8-18(23)9-11-19/h5-11,14,16H,3-4,12-13,15H2,1-2H3,(H,27,29)(H2,24,25,26). The zero-order valence-corrected chi connectivity index (χ0v) is 16.9. The van der Waals surface area contributed by atoms with Crippen molar-refractivity contribution in [3.63, 3.8) is 0 Å². The van der Waals surface area contributed by atoms with E-state index >= 15 is 0 Å². The Labute approximate surface area is 171 Å². The van der Waals surface area contributed by atoms with E-state index in [0.29, 0.717) is 11.6 Å². The summed E-state index contributed by atoms with van der Waals surface area (Å²) in [5.41, 5.74) is 2.96. The van der Waals surface area contributed by atoms with E-state index in [0.717, 1.165) is 18.7 Å². The van der Waals surface area contributed by atoms with Crippen molar-refractivity contribution in [1.82, 2.24) is 10.6 Å². The molecule has 1 unspecified atom stereocenters. The normalized spacial score (nSPS) is 15.1. The number of nitrogens with one attached hydrogen (secondary N) is 3. The van der Waals surface area contributed by atoms with Gasteiger partial charge in [0.1, 0.15) is 5.82 Å². The zero-order chi connectivity index (χ0) is 20.6. The summed E-state index contributed by atoms with van der Waals surface area (Å²) in [6.07, 6.45) is 2.49. The maximum atomic E-state index is 12.9. The molecular formula is C22H28FN5O. The summed E-state index contributed by atoms with van der Waals surface area (Å²) in [4.78, 5) is 18.7. The number of carbonyl (C=O) groups is 1. The molecule has 1 saturated heterocycles. The first kappa shape index (κ1) is 20.6. The van der Waals surface area contributed by atoms with Gasteiger partial charge in [0, 0.05) is 31.5 Å². The number of anilines is 2. The monoisotopic (exact) mass is 397 g/mol. The molecule has 1 aliphatic rings. The molecule has 3 N–H and O–H groups in total. The topological polar surface area (TPSA) is 68.8 Å². The fourth-order valence-corrected chi connectivity index (χ4v) is 3.35. The molecule has 0 bridgehead atoms. The second-order valence-electron chi connectivity index (χ2n) is 7.14. The molecule has 29 heavy (non-hydrogen) atoms. The van der Waals surface area contributed by atoms with Crippen molar-refractivity contribution in [2.24, 2.45) is 4.99 Å². The van der Waals surface area contributed by atoms with Crippen LogP contribution in [-0.2, 0) is 4.79 Å². The van der Waals surface area contributed by atoms with Gasteiger partial charge in [0.15, 0.2) is 5.96 Å². The molecule has 1 atom stereocenters. The molecular weight excluding hydrogens is 369 g/mol. The Kier molecular flexibility index (Phi) is 7.05. The highest BCUT2D eigenvalue weighted by Gasteiger charge is 2.15. The van der Waals surface area contributed by atoms with Gasteiger partial charge in [-0.15, -0.1) is 0 Å². The van der Waals surface area contributed by atoms with Gasteiger partial charge in [-0.3, -0.25) is 9.79 Å². The molecule has 0 aromatic heterocycles. The third kappa shape index (κ3) is 5.94. The van der Waals surface area contributed by atoms with Crippen LogP contribution in [0.4, 0.5) is 15.8 Å². The van der Waals surface area contributed by atoms with Crippen molar-refractivity contribution < 1.29 is 9.18 Å². The first-order valence-corrected chi connectivity index (χ1v) is 9.92. The van der Waals surface area contributed by atoms with E-state index in [4.69, 9.17) is 0 Å². The van der Waals surface area contributed by atoms with E-state index in [-0.39, 0.29) is 24.3 Å². The molecule has 6 nitrogen and oxygen atoms in total. The molecule has 1 amide bonds. The number of rotatable bonds is 6. The summed E-state index contributed by atoms with van der Waals surface area (Å²) < 4.78 is 12.9. The fourth-order valence-electron chi connectivity index (χ4n) is 3.35. The van der Waals surface area contributed by atoms with Crippen LogP contribution in [-0.4, -0.2) is 38.5 Å². The molecule has 154 valence electrons. The van der Waals surface area contributed by atoms with Gasteiger partial charge in [-0.05, 0) is 61.7 Å². The van der Waals surface area contributed by atoms with Crippen LogP contribution in [0.1, 0.15) is 31.4 Å². The van der Waals surface area contributed by atoms with Crippen LogP contribution in [0.2, 0.25) is 0 Å². The first-order chi connectivity index (χ1) is 14.0. The number of halogens is 1. The van der Waals surface area contributed by atoms with Gasteiger partial charge >= 0.3 is 0 Å². The average Bonchev–Trinajstić information content (AvgIpc) is 3.27. The molecule has 2 aromatic rings. The van der Waals surface area contributed by atoms with Gasteiger partial charge in [-0.2, -0.15) is 0 Å². The lowest BCUT2D eigenvalue weighted by Gasteiger charge is -2.22. The van der Waals surface area contributed by atoms with Gasteiger partial charge in [0.25, 0.3) is 0 Å². The second-order valence-corrected chi connectivity index (χ2v) is 7.14. The quantitative estimate of drug-likeness (QED) is 0.517. The Morgan fingerprint density at radius 1 is 1.17 bits per heavy atom. The zero-order valence-electron chi connectivity index (χ0n) is 16.9. The van der Waals surface area contributed by atoms with Gasteiger partial charge in [-0.25, -0.2) is 4.39 Å². The van der Waals surface area contributed by atoms with Gasteiger partial charge in [-0.1, -0.05) is 12.1 Å². The number of aliphatic imine (C=N–C) groups is 1. The molecule has 2 aromatic carbocycles. The molecule has 0 spiro atoms. The van der Waals surface area contributed by atoms with Gasteiger partial charge in [0.05, 0.1) is 12.6 Å². The van der Waals surface area contributed by atoms with Crippen LogP contribution in [0.15, 0.2) is 53.5 Å². The highest BCUT2D eigenvalue weighted by molar-refractivity contribution is 5.95. The SMILES string of the molecule is CN=C(NCC(=O)Nc1ccc(F)cc1)NC(C)c1cccc(N2CCCC2)c1. The number of benzene rings is 2. The van der Waals surface area contributed by atoms with Crippen molar-refractivity contribution in [2.75, 3.05) is 36.9 Å². The lowest BCUT2D eigenvalue weighted by Crippen LogP contribution is -2.42. The molecule has 0 radical (unpaired) electrons. The lowest BCUT2D eigenvalue weighted by atomic mass is 10.1. The molecule has 1 heterocycles. The van der Waals surface area contributed by atoms with Crippen LogP contribution in [0, 0.1) is 5.82 Å². The first-order valence-electron chi connectivity index (χ1n) is 9.92. The maximum Gasteiger partial charge on any atom is 0.243 e. The minimum absolute atomic E-state index is 0.0314. The lowest BCUT2D eigenvalue weighted by molar-refractivity contribution is -0.115. The summed E-state index contributed by atoms with van der Waals surface area (Å²) in [5.74, 6) is -0.0323. The average molecular weight is 397 g/mol. The highest BCUT2D eigenvalue weighted by atomic mass is 19.1. The Morgan fingerprint density at radius 3 is 2.59 bits per heavy atom. The van der Waals surface area contributed by atoms with Gasteiger partial charge in [0.2, 0.25) is 5.91 Å². The number of nitrogens with zero attached hydrogens (tertiary/aromatic N) is 2. The third-order valence-electron chi connectivity index (χ3n) is 4.96. The number of hydrogen-bond donors (Lipinski definition) is 3. The van der Waals surface area contributed by atoms with Crippen molar-refractivity contribution in [1.29, 1.82) is 0 Å². The fraction of sp³-hybridized carbons (Fsp3) is 0.364. The number of carbonyl (C=O) groups excluding carboxylic acids is 1. The number of hydrogen-bond acceptors (Lipinski definition) is 3. The van der Waals surface area contributed by atoms with Crippen molar-refractivity contribution in [2.45, 2.75) is 25.8 Å². The number of guanidine groups is 1. The van der Waals surface area contributed by atoms with Crippen LogP contribution in [0.5, 0.6) is 0 Å². The van der Waals surface area contributed by atoms with Gasteiger partial charge < -0.3 is 20.9 Å². The Balaban J connectivity index is 1.52. The minimum atomic E-state index is -0.339. The molecule has 7 heteroatoms. The Hall–Kier alpha value is -3.09. The van der Waals surface area contributed by atoms with Crippen molar-refractivity contribution in [3.05, 3.63) is 59.9 Å². The predicted molar refractivity (Wildman–Crippen MR) is 116 cm³/mol. The summed E-state index contributed by atoms with van der Waals surface area (Å²) in [7, 11) is 1.67. The third-order valence-corrected chi connectivity index (χ3v) is 4.96. The molecule has 0 saturated carbocycles. The van der Waals surface area contributed by atoms with E-state index in [1.807, 2.05) is 0 Å². The van der Waals surface area contributed by atoms with E-state index in [9.17, 15) is 9.18 Å². The van der Waals surface area contributed by atoms with E-state index in [2.05, 4.69) is 57.0 Å². The summed E-state index contributed by atoms with van der Waals surface area (Å²) in [6.45, 7) is 4.33. The van der Waals surface area contributed by atoms with Crippen LogP contribution in [0.25, 0.3) is 0 Å². The summed E-state index contributed by atoms with van der Waals surface area (Å²) in [5, 5.41) is 9.05. The van der Waals surface area contributed by atoms with Crippen LogP contribution >= 0.6 is 0 Å².